The van der Waals surface area contributed by atoms with Gasteiger partial charge in [-0.05, 0) is 17.4 Å². The van der Waals surface area contributed by atoms with Crippen molar-refractivity contribution in [1.29, 1.82) is 0 Å². The van der Waals surface area contributed by atoms with Gasteiger partial charge in [-0.3, -0.25) is 14.7 Å². The van der Waals surface area contributed by atoms with E-state index in [4.69, 9.17) is 4.74 Å². The molecule has 2 fully saturated rings. The summed E-state index contributed by atoms with van der Waals surface area (Å²) >= 11 is 1.69. The van der Waals surface area contributed by atoms with Gasteiger partial charge in [0.2, 0.25) is 5.91 Å². The van der Waals surface area contributed by atoms with Gasteiger partial charge < -0.3 is 9.64 Å². The summed E-state index contributed by atoms with van der Waals surface area (Å²) in [5.74, 6) is 1.81. The molecule has 2 atom stereocenters. The number of hydrogen-bond donors (Lipinski definition) is 0. The van der Waals surface area contributed by atoms with Crippen LogP contribution in [-0.2, 0) is 16.1 Å². The van der Waals surface area contributed by atoms with Crippen molar-refractivity contribution in [3.05, 3.63) is 30.1 Å². The number of fused-ring (bicyclic) bond motifs is 1. The third-order valence-electron chi connectivity index (χ3n) is 4.31. The van der Waals surface area contributed by atoms with Gasteiger partial charge in [-0.15, -0.1) is 0 Å². The predicted molar refractivity (Wildman–Crippen MR) is 87.8 cm³/mol. The quantitative estimate of drug-likeness (QED) is 0.817. The van der Waals surface area contributed by atoms with Crippen molar-refractivity contribution < 1.29 is 9.53 Å². The SMILES string of the molecule is CCSCC(=O)N1C[C@@H]2OCCN(Cc3cccnc3)[C@H]2C1. The van der Waals surface area contributed by atoms with Crippen LogP contribution < -0.4 is 0 Å². The molecule has 22 heavy (non-hydrogen) atoms. The Hall–Kier alpha value is -1.11. The van der Waals surface area contributed by atoms with Crippen LogP contribution in [0.5, 0.6) is 0 Å². The number of pyridine rings is 1. The molecule has 0 aliphatic carbocycles. The molecule has 2 aliphatic heterocycles. The van der Waals surface area contributed by atoms with Gasteiger partial charge in [0.15, 0.2) is 0 Å². The number of nitrogens with zero attached hydrogens (tertiary/aromatic N) is 3. The van der Waals surface area contributed by atoms with Crippen molar-refractivity contribution in [3.63, 3.8) is 0 Å². The van der Waals surface area contributed by atoms with Crippen molar-refractivity contribution in [2.24, 2.45) is 0 Å². The summed E-state index contributed by atoms with van der Waals surface area (Å²) in [5.41, 5.74) is 1.22. The fourth-order valence-corrected chi connectivity index (χ4v) is 3.73. The van der Waals surface area contributed by atoms with Crippen molar-refractivity contribution in [3.8, 4) is 0 Å². The molecule has 2 saturated heterocycles. The summed E-state index contributed by atoms with van der Waals surface area (Å²) in [7, 11) is 0. The Labute approximate surface area is 136 Å². The standard InChI is InChI=1S/C16H23N3O2S/c1-2-22-12-16(20)19-10-14-15(11-19)21-7-6-18(14)9-13-4-3-5-17-8-13/h3-5,8,14-15H,2,6-7,9-12H2,1H3/t14-,15-/m0/s1. The molecule has 0 radical (unpaired) electrons. The first-order valence-electron chi connectivity index (χ1n) is 7.88. The van der Waals surface area contributed by atoms with Crippen LogP contribution in [-0.4, -0.2) is 70.6 Å². The Balaban J connectivity index is 1.62. The fraction of sp³-hybridized carbons (Fsp3) is 0.625. The van der Waals surface area contributed by atoms with Crippen LogP contribution in [0.1, 0.15) is 12.5 Å². The minimum Gasteiger partial charge on any atom is -0.373 e. The number of thioether (sulfide) groups is 1. The van der Waals surface area contributed by atoms with Crippen LogP contribution in [0.2, 0.25) is 0 Å². The second-order valence-corrected chi connectivity index (χ2v) is 7.02. The van der Waals surface area contributed by atoms with Crippen molar-refractivity contribution >= 4 is 17.7 Å². The maximum absolute atomic E-state index is 12.2. The molecule has 0 aromatic carbocycles. The normalized spacial score (nSPS) is 25.2. The molecule has 0 saturated carbocycles. The molecule has 120 valence electrons. The first kappa shape index (κ1) is 15.8. The van der Waals surface area contributed by atoms with Crippen LogP contribution in [0.15, 0.2) is 24.5 Å². The number of carbonyl (C=O) groups excluding carboxylic acids is 1. The average molecular weight is 321 g/mol. The van der Waals surface area contributed by atoms with E-state index in [-0.39, 0.29) is 12.0 Å². The molecule has 0 bridgehead atoms. The van der Waals surface area contributed by atoms with Crippen LogP contribution in [0.4, 0.5) is 0 Å². The lowest BCUT2D eigenvalue weighted by atomic mass is 10.1. The smallest absolute Gasteiger partial charge is 0.232 e. The third-order valence-corrected chi connectivity index (χ3v) is 5.17. The maximum Gasteiger partial charge on any atom is 0.232 e. The lowest BCUT2D eigenvalue weighted by Crippen LogP contribution is -2.50. The molecule has 3 rings (SSSR count). The van der Waals surface area contributed by atoms with E-state index in [2.05, 4.69) is 22.9 Å². The highest BCUT2D eigenvalue weighted by Gasteiger charge is 2.41. The van der Waals surface area contributed by atoms with Crippen molar-refractivity contribution in [2.45, 2.75) is 25.6 Å². The molecule has 0 unspecified atom stereocenters. The van der Waals surface area contributed by atoms with E-state index in [1.54, 1.807) is 18.0 Å². The highest BCUT2D eigenvalue weighted by Crippen LogP contribution is 2.25. The zero-order chi connectivity index (χ0) is 15.4. The number of aromatic nitrogens is 1. The van der Waals surface area contributed by atoms with Crippen LogP contribution >= 0.6 is 11.8 Å². The number of amides is 1. The summed E-state index contributed by atoms with van der Waals surface area (Å²) in [4.78, 5) is 20.8. The highest BCUT2D eigenvalue weighted by molar-refractivity contribution is 7.99. The Bertz CT molecular complexity index is 499. The first-order chi connectivity index (χ1) is 10.8. The van der Waals surface area contributed by atoms with Gasteiger partial charge in [-0.25, -0.2) is 0 Å². The highest BCUT2D eigenvalue weighted by atomic mass is 32.2. The summed E-state index contributed by atoms with van der Waals surface area (Å²) in [5, 5.41) is 0. The lowest BCUT2D eigenvalue weighted by molar-refractivity contribution is -0.127. The van der Waals surface area contributed by atoms with Crippen LogP contribution in [0, 0.1) is 0 Å². The average Bonchev–Trinajstić information content (AvgIpc) is 2.99. The molecule has 1 aromatic heterocycles. The Morgan fingerprint density at radius 1 is 1.50 bits per heavy atom. The molecular formula is C16H23N3O2S. The van der Waals surface area contributed by atoms with E-state index in [1.165, 1.54) is 5.56 Å². The number of ether oxygens (including phenoxy) is 1. The molecule has 0 N–H and O–H groups in total. The zero-order valence-electron chi connectivity index (χ0n) is 13.0. The first-order valence-corrected chi connectivity index (χ1v) is 9.03. The molecule has 5 nitrogen and oxygen atoms in total. The third kappa shape index (κ3) is 3.62. The number of morpholine rings is 1. The summed E-state index contributed by atoms with van der Waals surface area (Å²) in [6.07, 6.45) is 3.87. The minimum atomic E-state index is 0.154. The lowest BCUT2D eigenvalue weighted by Gasteiger charge is -2.36. The monoisotopic (exact) mass is 321 g/mol. The second-order valence-electron chi connectivity index (χ2n) is 5.74. The predicted octanol–water partition coefficient (Wildman–Crippen LogP) is 1.25. The number of likely N-dealkylation sites (tertiary alicyclic amines) is 1. The molecule has 1 amide bonds. The van der Waals surface area contributed by atoms with Gasteiger partial charge in [0, 0.05) is 38.6 Å². The van der Waals surface area contributed by atoms with Gasteiger partial charge in [0.25, 0.3) is 0 Å². The van der Waals surface area contributed by atoms with Crippen LogP contribution in [0.25, 0.3) is 0 Å². The van der Waals surface area contributed by atoms with E-state index in [0.717, 1.165) is 38.5 Å². The van der Waals surface area contributed by atoms with Crippen molar-refractivity contribution in [1.82, 2.24) is 14.8 Å². The molecule has 6 heteroatoms. The molecule has 1 aromatic rings. The second kappa shape index (κ2) is 7.44. The number of rotatable bonds is 5. The number of carbonyl (C=O) groups is 1. The Morgan fingerprint density at radius 2 is 2.41 bits per heavy atom. The van der Waals surface area contributed by atoms with E-state index in [0.29, 0.717) is 11.8 Å². The van der Waals surface area contributed by atoms with Gasteiger partial charge in [0.1, 0.15) is 0 Å². The topological polar surface area (TPSA) is 45.7 Å². The Kier molecular flexibility index (Phi) is 5.33. The summed E-state index contributed by atoms with van der Waals surface area (Å²) in [6, 6.07) is 4.39. The van der Waals surface area contributed by atoms with Gasteiger partial charge in [-0.1, -0.05) is 13.0 Å². The maximum atomic E-state index is 12.2. The van der Waals surface area contributed by atoms with Gasteiger partial charge in [-0.2, -0.15) is 11.8 Å². The fourth-order valence-electron chi connectivity index (χ4n) is 3.17. The van der Waals surface area contributed by atoms with Gasteiger partial charge in [0.05, 0.1) is 24.5 Å². The molecule has 0 spiro atoms. The Morgan fingerprint density at radius 3 is 3.18 bits per heavy atom. The van der Waals surface area contributed by atoms with Gasteiger partial charge >= 0.3 is 0 Å². The number of hydrogen-bond acceptors (Lipinski definition) is 5. The van der Waals surface area contributed by atoms with E-state index < -0.39 is 0 Å². The molecule has 2 aliphatic rings. The van der Waals surface area contributed by atoms with Crippen LogP contribution in [0.3, 0.4) is 0 Å². The van der Waals surface area contributed by atoms with E-state index >= 15 is 0 Å². The van der Waals surface area contributed by atoms with Crippen molar-refractivity contribution in [2.75, 3.05) is 37.7 Å². The zero-order valence-corrected chi connectivity index (χ0v) is 13.8. The largest absolute Gasteiger partial charge is 0.373 e. The molecular weight excluding hydrogens is 298 g/mol. The summed E-state index contributed by atoms with van der Waals surface area (Å²) in [6.45, 7) is 6.14. The summed E-state index contributed by atoms with van der Waals surface area (Å²) < 4.78 is 5.90. The van der Waals surface area contributed by atoms with E-state index in [9.17, 15) is 4.79 Å². The molecule has 3 heterocycles. The minimum absolute atomic E-state index is 0.154. The van der Waals surface area contributed by atoms with E-state index in [1.807, 2.05) is 17.2 Å².